The molecule has 10 nitrogen and oxygen atoms in total. The molecular formula is C40H35N3O7S. The van der Waals surface area contributed by atoms with Gasteiger partial charge in [0.25, 0.3) is 11.8 Å². The number of hydrogen-bond acceptors (Lipinski definition) is 7. The zero-order valence-corrected chi connectivity index (χ0v) is 28.8. The van der Waals surface area contributed by atoms with Crippen LogP contribution in [0.4, 0.5) is 11.4 Å². The number of ether oxygens (including phenoxy) is 2. The SMILES string of the molecule is COc1ccc(/C=C(/NC(=O)c2ccccc2)C(=O)Nc2cccc(SC(C(=O)Nc3cc(C(=O)O)ccc3C)c3ccccc3)c2)c(OC)c1. The molecule has 51 heavy (non-hydrogen) atoms. The zero-order chi connectivity index (χ0) is 36.3. The summed E-state index contributed by atoms with van der Waals surface area (Å²) in [4.78, 5) is 53.0. The van der Waals surface area contributed by atoms with Crippen molar-refractivity contribution < 1.29 is 33.8 Å². The normalized spacial score (nSPS) is 11.5. The Bertz CT molecular complexity index is 2090. The summed E-state index contributed by atoms with van der Waals surface area (Å²) < 4.78 is 10.8. The molecule has 1 atom stereocenters. The average molecular weight is 702 g/mol. The molecule has 5 aromatic carbocycles. The molecule has 258 valence electrons. The van der Waals surface area contributed by atoms with Gasteiger partial charge in [-0.25, -0.2) is 4.79 Å². The highest BCUT2D eigenvalue weighted by atomic mass is 32.2. The maximum absolute atomic E-state index is 13.8. The fraction of sp³-hybridized carbons (Fsp3) is 0.100. The summed E-state index contributed by atoms with van der Waals surface area (Å²) in [6.07, 6.45) is 1.52. The molecule has 0 aromatic heterocycles. The highest BCUT2D eigenvalue weighted by Gasteiger charge is 2.24. The van der Waals surface area contributed by atoms with Crippen LogP contribution >= 0.6 is 11.8 Å². The van der Waals surface area contributed by atoms with Crippen LogP contribution in [0.3, 0.4) is 0 Å². The van der Waals surface area contributed by atoms with E-state index >= 15 is 0 Å². The molecule has 0 saturated carbocycles. The first-order valence-electron chi connectivity index (χ1n) is 15.7. The van der Waals surface area contributed by atoms with Gasteiger partial charge in [-0.3, -0.25) is 14.4 Å². The van der Waals surface area contributed by atoms with Gasteiger partial charge in [-0.2, -0.15) is 0 Å². The molecule has 11 heteroatoms. The van der Waals surface area contributed by atoms with Crippen molar-refractivity contribution in [2.45, 2.75) is 17.1 Å². The highest BCUT2D eigenvalue weighted by Crippen LogP contribution is 2.37. The third kappa shape index (κ3) is 9.43. The van der Waals surface area contributed by atoms with Crippen molar-refractivity contribution >= 4 is 52.9 Å². The summed E-state index contributed by atoms with van der Waals surface area (Å²) >= 11 is 1.26. The number of aromatic carboxylic acids is 1. The predicted octanol–water partition coefficient (Wildman–Crippen LogP) is 7.59. The number of anilines is 2. The van der Waals surface area contributed by atoms with Crippen molar-refractivity contribution in [2.75, 3.05) is 24.9 Å². The number of carbonyl (C=O) groups is 4. The van der Waals surface area contributed by atoms with Gasteiger partial charge in [0.2, 0.25) is 5.91 Å². The van der Waals surface area contributed by atoms with Crippen LogP contribution in [0.1, 0.15) is 42.7 Å². The van der Waals surface area contributed by atoms with Gasteiger partial charge in [0, 0.05) is 33.5 Å². The molecule has 5 rings (SSSR count). The fourth-order valence-electron chi connectivity index (χ4n) is 5.01. The maximum Gasteiger partial charge on any atom is 0.335 e. The molecule has 0 heterocycles. The summed E-state index contributed by atoms with van der Waals surface area (Å²) in [5.41, 5.74) is 3.17. The monoisotopic (exact) mass is 701 g/mol. The summed E-state index contributed by atoms with van der Waals surface area (Å²) in [5.74, 6) is -1.53. The van der Waals surface area contributed by atoms with E-state index in [2.05, 4.69) is 16.0 Å². The number of thioether (sulfide) groups is 1. The van der Waals surface area contributed by atoms with E-state index < -0.39 is 23.0 Å². The van der Waals surface area contributed by atoms with Gasteiger partial charge in [-0.15, -0.1) is 11.8 Å². The minimum Gasteiger partial charge on any atom is -0.497 e. The summed E-state index contributed by atoms with van der Waals surface area (Å²) in [7, 11) is 3.03. The van der Waals surface area contributed by atoms with Crippen LogP contribution in [0.2, 0.25) is 0 Å². The number of carbonyl (C=O) groups excluding carboxylic acids is 3. The van der Waals surface area contributed by atoms with E-state index in [1.807, 2.05) is 36.4 Å². The number of rotatable bonds is 13. The Morgan fingerprint density at radius 3 is 2.16 bits per heavy atom. The number of carboxylic acids is 1. The molecule has 0 bridgehead atoms. The van der Waals surface area contributed by atoms with E-state index in [0.29, 0.717) is 44.5 Å². The van der Waals surface area contributed by atoms with Crippen molar-refractivity contribution in [2.24, 2.45) is 0 Å². The van der Waals surface area contributed by atoms with Gasteiger partial charge < -0.3 is 30.5 Å². The fourth-order valence-corrected chi connectivity index (χ4v) is 6.09. The minimum atomic E-state index is -1.10. The number of aryl methyl sites for hydroxylation is 1. The van der Waals surface area contributed by atoms with Crippen molar-refractivity contribution in [3.63, 3.8) is 0 Å². The van der Waals surface area contributed by atoms with Crippen molar-refractivity contribution in [3.05, 3.63) is 155 Å². The molecule has 5 aromatic rings. The molecule has 4 N–H and O–H groups in total. The zero-order valence-electron chi connectivity index (χ0n) is 28.0. The van der Waals surface area contributed by atoms with Crippen molar-refractivity contribution in [1.82, 2.24) is 5.32 Å². The van der Waals surface area contributed by atoms with Gasteiger partial charge in [0.1, 0.15) is 22.4 Å². The molecule has 0 radical (unpaired) electrons. The predicted molar refractivity (Wildman–Crippen MR) is 198 cm³/mol. The van der Waals surface area contributed by atoms with Crippen LogP contribution in [0.5, 0.6) is 11.5 Å². The summed E-state index contributed by atoms with van der Waals surface area (Å²) in [5, 5.41) is 17.2. The second-order valence-corrected chi connectivity index (χ2v) is 12.4. The first-order valence-corrected chi connectivity index (χ1v) is 16.6. The number of benzene rings is 5. The van der Waals surface area contributed by atoms with Crippen LogP contribution in [0.25, 0.3) is 6.08 Å². The molecule has 0 saturated heterocycles. The lowest BCUT2D eigenvalue weighted by Gasteiger charge is -2.19. The topological polar surface area (TPSA) is 143 Å². The van der Waals surface area contributed by atoms with Crippen LogP contribution in [-0.4, -0.2) is 43.0 Å². The Morgan fingerprint density at radius 2 is 1.47 bits per heavy atom. The Labute approximate surface area is 299 Å². The van der Waals surface area contributed by atoms with Crippen LogP contribution in [-0.2, 0) is 9.59 Å². The molecule has 0 aliphatic rings. The highest BCUT2D eigenvalue weighted by molar-refractivity contribution is 8.00. The molecule has 3 amide bonds. The Kier molecular flexibility index (Phi) is 11.9. The average Bonchev–Trinajstić information content (AvgIpc) is 3.15. The van der Waals surface area contributed by atoms with E-state index in [1.54, 1.807) is 79.7 Å². The number of hydrogen-bond donors (Lipinski definition) is 4. The molecular weight excluding hydrogens is 667 g/mol. The molecule has 0 spiro atoms. The lowest BCUT2D eigenvalue weighted by atomic mass is 10.1. The van der Waals surface area contributed by atoms with Crippen LogP contribution in [0.15, 0.2) is 132 Å². The van der Waals surface area contributed by atoms with E-state index in [9.17, 15) is 24.3 Å². The van der Waals surface area contributed by atoms with Crippen molar-refractivity contribution in [3.8, 4) is 11.5 Å². The van der Waals surface area contributed by atoms with Gasteiger partial charge in [-0.1, -0.05) is 60.7 Å². The quantitative estimate of drug-likeness (QED) is 0.0727. The van der Waals surface area contributed by atoms with Crippen molar-refractivity contribution in [1.29, 1.82) is 0 Å². The van der Waals surface area contributed by atoms with E-state index in [4.69, 9.17) is 9.47 Å². The van der Waals surface area contributed by atoms with Gasteiger partial charge >= 0.3 is 5.97 Å². The van der Waals surface area contributed by atoms with E-state index in [-0.39, 0.29) is 17.2 Å². The lowest BCUT2D eigenvalue weighted by molar-refractivity contribution is -0.116. The second kappa shape index (κ2) is 16.9. The third-order valence-corrected chi connectivity index (χ3v) is 8.95. The first-order chi connectivity index (χ1) is 24.6. The van der Waals surface area contributed by atoms with E-state index in [1.165, 1.54) is 44.2 Å². The Morgan fingerprint density at radius 1 is 0.745 bits per heavy atom. The second-order valence-electron chi connectivity index (χ2n) is 11.2. The third-order valence-electron chi connectivity index (χ3n) is 7.70. The Balaban J connectivity index is 1.42. The molecule has 1 unspecified atom stereocenters. The van der Waals surface area contributed by atoms with Crippen LogP contribution < -0.4 is 25.4 Å². The van der Waals surface area contributed by atoms with Gasteiger partial charge in [0.15, 0.2) is 0 Å². The first kappa shape index (κ1) is 36.0. The Hall–Kier alpha value is -6.33. The number of amides is 3. The number of methoxy groups -OCH3 is 2. The van der Waals surface area contributed by atoms with Gasteiger partial charge in [-0.05, 0) is 78.7 Å². The minimum absolute atomic E-state index is 0.0362. The van der Waals surface area contributed by atoms with E-state index in [0.717, 1.165) is 5.56 Å². The number of nitrogens with one attached hydrogen (secondary N) is 3. The molecule has 0 aliphatic carbocycles. The summed E-state index contributed by atoms with van der Waals surface area (Å²) in [6, 6.07) is 34.4. The van der Waals surface area contributed by atoms with Crippen LogP contribution in [0, 0.1) is 6.92 Å². The standard InChI is InChI=1S/C40H35N3O7S/c1-25-17-18-29(40(47)48)22-33(25)42-39(46)36(26-11-6-4-7-12-26)51-32-16-10-15-30(23-32)41-38(45)34(43-37(44)27-13-8-5-9-14-27)21-28-19-20-31(49-2)24-35(28)50-3/h4-24,36H,1-3H3,(H,41,45)(H,42,46)(H,43,44)(H,47,48)/b34-21+. The van der Waals surface area contributed by atoms with Gasteiger partial charge in [0.05, 0.1) is 19.8 Å². The lowest BCUT2D eigenvalue weighted by Crippen LogP contribution is -2.30. The molecule has 0 aliphatic heterocycles. The maximum atomic E-state index is 13.8. The largest absolute Gasteiger partial charge is 0.497 e. The summed E-state index contributed by atoms with van der Waals surface area (Å²) in [6.45, 7) is 1.79. The smallest absolute Gasteiger partial charge is 0.335 e. The molecule has 0 fully saturated rings. The number of carboxylic acid groups (broad SMARTS) is 1.